The van der Waals surface area contributed by atoms with E-state index in [1.54, 1.807) is 72.8 Å². The Morgan fingerprint density at radius 2 is 1.23 bits per heavy atom. The molecule has 0 spiro atoms. The van der Waals surface area contributed by atoms with E-state index in [1.165, 1.54) is 19.1 Å². The lowest BCUT2D eigenvalue weighted by Crippen LogP contribution is -2.56. The average molecular weight is 719 g/mol. The summed E-state index contributed by atoms with van der Waals surface area (Å²) in [5.41, 5.74) is 6.36. The number of nitrogens with one attached hydrogen (secondary N) is 6. The van der Waals surface area contributed by atoms with E-state index in [0.717, 1.165) is 7.11 Å². The number of hydrogen-bond acceptors (Lipinski definition) is 10. The van der Waals surface area contributed by atoms with Crippen molar-refractivity contribution in [3.63, 3.8) is 0 Å². The second kappa shape index (κ2) is 20.9. The molecule has 3 rings (SSSR count). The molecule has 16 heteroatoms. The maximum absolute atomic E-state index is 13.6. The van der Waals surface area contributed by atoms with Gasteiger partial charge in [-0.2, -0.15) is 0 Å². The third-order valence-electron chi connectivity index (χ3n) is 7.41. The molecule has 6 amide bonds. The Morgan fingerprint density at radius 3 is 1.83 bits per heavy atom. The zero-order valence-corrected chi connectivity index (χ0v) is 28.7. The van der Waals surface area contributed by atoms with Crippen LogP contribution < -0.4 is 32.1 Å². The maximum Gasteiger partial charge on any atom is 0.408 e. The van der Waals surface area contributed by atoms with Gasteiger partial charge in [0.1, 0.15) is 30.5 Å². The first-order valence-electron chi connectivity index (χ1n) is 16.2. The fourth-order valence-corrected chi connectivity index (χ4v) is 4.72. The highest BCUT2D eigenvalue weighted by atomic mass is 16.5. The van der Waals surface area contributed by atoms with Crippen LogP contribution in [0.15, 0.2) is 84.9 Å². The molecule has 3 aromatic rings. The van der Waals surface area contributed by atoms with Crippen molar-refractivity contribution in [2.24, 2.45) is 0 Å². The van der Waals surface area contributed by atoms with Crippen LogP contribution in [-0.2, 0) is 57.7 Å². The Kier molecular flexibility index (Phi) is 16.1. The molecule has 0 aromatic heterocycles. The zero-order valence-electron chi connectivity index (χ0n) is 28.7. The third kappa shape index (κ3) is 14.6. The standard InChI is InChI=1S/C36H42N6O10/c1-23(43)41-42-35(49)30(19-24-9-5-3-6-10-24)38-31(45)21-37-33(47)28(17-18-32(46)51-2)39-34(48)29(20-25-13-15-27(44)16-14-25)40-36(50)52-22-26-11-7-4-8-12-26/h3-16,28-30,44H,17-22H2,1-2H3,(H,37,47)(H,38,45)(H,39,48)(H,40,50)(H,41,43)(H,42,49)/t28-,29+,30+/m1/s1. The Bertz CT molecular complexity index is 1670. The predicted molar refractivity (Wildman–Crippen MR) is 186 cm³/mol. The molecule has 7 N–H and O–H groups in total. The fourth-order valence-electron chi connectivity index (χ4n) is 4.72. The lowest BCUT2D eigenvalue weighted by atomic mass is 10.0. The third-order valence-corrected chi connectivity index (χ3v) is 7.41. The number of aromatic hydroxyl groups is 1. The number of phenolic OH excluding ortho intramolecular Hbond substituents is 1. The minimum absolute atomic E-state index is 0.0108. The molecule has 0 aliphatic rings. The molecule has 0 fully saturated rings. The summed E-state index contributed by atoms with van der Waals surface area (Å²) < 4.78 is 9.96. The molecule has 0 aliphatic carbocycles. The van der Waals surface area contributed by atoms with Gasteiger partial charge >= 0.3 is 12.1 Å². The second-order valence-corrected chi connectivity index (χ2v) is 11.5. The Morgan fingerprint density at radius 1 is 0.654 bits per heavy atom. The highest BCUT2D eigenvalue weighted by molar-refractivity contribution is 5.94. The topological polar surface area (TPSA) is 230 Å². The quantitative estimate of drug-likeness (QED) is 0.0762. The Balaban J connectivity index is 1.71. The van der Waals surface area contributed by atoms with Crippen LogP contribution in [0.2, 0.25) is 0 Å². The van der Waals surface area contributed by atoms with Gasteiger partial charge in [-0.15, -0.1) is 0 Å². The van der Waals surface area contributed by atoms with E-state index in [-0.39, 0.29) is 38.0 Å². The SMILES string of the molecule is COC(=O)CC[C@@H](NC(=O)[C@H](Cc1ccc(O)cc1)NC(=O)OCc1ccccc1)C(=O)NCC(=O)N[C@@H](Cc1ccccc1)C(=O)NNC(C)=O. The van der Waals surface area contributed by atoms with Gasteiger partial charge in [-0.05, 0) is 35.2 Å². The molecule has 3 aromatic carbocycles. The highest BCUT2D eigenvalue weighted by Gasteiger charge is 2.29. The Labute approximate surface area is 300 Å². The maximum atomic E-state index is 13.6. The molecular weight excluding hydrogens is 676 g/mol. The second-order valence-electron chi connectivity index (χ2n) is 11.5. The lowest BCUT2D eigenvalue weighted by molar-refractivity contribution is -0.141. The van der Waals surface area contributed by atoms with Crippen molar-refractivity contribution in [3.05, 3.63) is 102 Å². The van der Waals surface area contributed by atoms with Gasteiger partial charge in [0.25, 0.3) is 5.91 Å². The molecule has 0 saturated carbocycles. The summed E-state index contributed by atoms with van der Waals surface area (Å²) in [7, 11) is 1.16. The molecule has 16 nitrogen and oxygen atoms in total. The first-order chi connectivity index (χ1) is 24.9. The summed E-state index contributed by atoms with van der Waals surface area (Å²) in [5, 5.41) is 19.7. The van der Waals surface area contributed by atoms with Gasteiger partial charge in [-0.1, -0.05) is 72.8 Å². The van der Waals surface area contributed by atoms with Crippen molar-refractivity contribution in [2.45, 2.75) is 57.3 Å². The number of phenols is 1. The van der Waals surface area contributed by atoms with Gasteiger partial charge in [0.05, 0.1) is 13.7 Å². The molecule has 0 heterocycles. The van der Waals surface area contributed by atoms with E-state index in [9.17, 15) is 38.7 Å². The van der Waals surface area contributed by atoms with Crippen LogP contribution in [-0.4, -0.2) is 78.5 Å². The van der Waals surface area contributed by atoms with Crippen LogP contribution in [0.1, 0.15) is 36.5 Å². The number of rotatable bonds is 17. The predicted octanol–water partition coefficient (Wildman–Crippen LogP) is 0.679. The Hall–Kier alpha value is -6.45. The van der Waals surface area contributed by atoms with E-state index in [2.05, 4.69) is 36.9 Å². The number of alkyl carbamates (subject to hydrolysis) is 1. The van der Waals surface area contributed by atoms with Gasteiger partial charge < -0.3 is 35.8 Å². The van der Waals surface area contributed by atoms with E-state index < -0.39 is 66.3 Å². The summed E-state index contributed by atoms with van der Waals surface area (Å²) in [6.07, 6.45) is -1.43. The number of ether oxygens (including phenoxy) is 2. The van der Waals surface area contributed by atoms with Crippen LogP contribution in [0.4, 0.5) is 4.79 Å². The molecule has 0 saturated heterocycles. The summed E-state index contributed by atoms with van der Waals surface area (Å²) >= 11 is 0. The minimum Gasteiger partial charge on any atom is -0.508 e. The largest absolute Gasteiger partial charge is 0.508 e. The number of hydrazine groups is 1. The van der Waals surface area contributed by atoms with Crippen molar-refractivity contribution in [1.82, 2.24) is 32.1 Å². The molecule has 0 aliphatic heterocycles. The fraction of sp³-hybridized carbons (Fsp3) is 0.306. The number of methoxy groups -OCH3 is 1. The number of esters is 1. The van der Waals surface area contributed by atoms with Crippen LogP contribution >= 0.6 is 0 Å². The van der Waals surface area contributed by atoms with Gasteiger partial charge in [-0.3, -0.25) is 39.6 Å². The summed E-state index contributed by atoms with van der Waals surface area (Å²) in [5.74, 6) is -4.34. The van der Waals surface area contributed by atoms with Crippen molar-refractivity contribution in [3.8, 4) is 5.75 Å². The highest BCUT2D eigenvalue weighted by Crippen LogP contribution is 2.13. The number of hydrogen-bond donors (Lipinski definition) is 7. The minimum atomic E-state index is -1.37. The van der Waals surface area contributed by atoms with Crippen LogP contribution in [0.5, 0.6) is 5.75 Å². The zero-order chi connectivity index (χ0) is 37.9. The molecule has 0 bridgehead atoms. The van der Waals surface area contributed by atoms with E-state index in [0.29, 0.717) is 16.7 Å². The van der Waals surface area contributed by atoms with Crippen LogP contribution in [0.3, 0.4) is 0 Å². The lowest BCUT2D eigenvalue weighted by Gasteiger charge is -2.23. The first kappa shape index (κ1) is 40.0. The van der Waals surface area contributed by atoms with Crippen LogP contribution in [0, 0.1) is 0 Å². The normalized spacial score (nSPS) is 12.1. The molecule has 3 atom stereocenters. The number of carbonyl (C=O) groups excluding carboxylic acids is 7. The van der Waals surface area contributed by atoms with Gasteiger partial charge in [-0.25, -0.2) is 4.79 Å². The summed E-state index contributed by atoms with van der Waals surface area (Å²) in [4.78, 5) is 88.7. The van der Waals surface area contributed by atoms with Crippen molar-refractivity contribution in [1.29, 1.82) is 0 Å². The van der Waals surface area contributed by atoms with Gasteiger partial charge in [0.2, 0.25) is 23.6 Å². The molecule has 0 unspecified atom stereocenters. The van der Waals surface area contributed by atoms with E-state index in [4.69, 9.17) is 4.74 Å². The van der Waals surface area contributed by atoms with Crippen molar-refractivity contribution in [2.75, 3.05) is 13.7 Å². The molecule has 0 radical (unpaired) electrons. The first-order valence-corrected chi connectivity index (χ1v) is 16.2. The van der Waals surface area contributed by atoms with Crippen molar-refractivity contribution < 1.29 is 48.1 Å². The van der Waals surface area contributed by atoms with Gasteiger partial charge in [0.15, 0.2) is 0 Å². The smallest absolute Gasteiger partial charge is 0.408 e. The number of amides is 6. The van der Waals surface area contributed by atoms with Crippen LogP contribution in [0.25, 0.3) is 0 Å². The van der Waals surface area contributed by atoms with E-state index in [1.807, 2.05) is 0 Å². The molecular formula is C36H42N6O10. The molecule has 52 heavy (non-hydrogen) atoms. The monoisotopic (exact) mass is 718 g/mol. The summed E-state index contributed by atoms with van der Waals surface area (Å²) in [6.45, 7) is 0.496. The average Bonchev–Trinajstić information content (AvgIpc) is 3.14. The van der Waals surface area contributed by atoms with Crippen molar-refractivity contribution >= 4 is 41.6 Å². The number of carbonyl (C=O) groups is 7. The van der Waals surface area contributed by atoms with E-state index >= 15 is 0 Å². The summed E-state index contributed by atoms with van der Waals surface area (Å²) in [6, 6.07) is 19.8. The van der Waals surface area contributed by atoms with Gasteiger partial charge in [0, 0.05) is 26.2 Å². The number of benzene rings is 3. The molecule has 276 valence electrons.